The first-order valence-corrected chi connectivity index (χ1v) is 8.33. The van der Waals surface area contributed by atoms with Crippen molar-refractivity contribution in [2.45, 2.75) is 44.7 Å². The van der Waals surface area contributed by atoms with Crippen molar-refractivity contribution in [3.63, 3.8) is 0 Å². The van der Waals surface area contributed by atoms with Crippen LogP contribution in [0.3, 0.4) is 0 Å². The lowest BCUT2D eigenvalue weighted by molar-refractivity contribution is -0.123. The zero-order valence-corrected chi connectivity index (χ0v) is 15.0. The van der Waals surface area contributed by atoms with Crippen molar-refractivity contribution in [3.05, 3.63) is 71.8 Å². The summed E-state index contributed by atoms with van der Waals surface area (Å²) in [7, 11) is 0. The lowest BCUT2D eigenvalue weighted by Gasteiger charge is -2.21. The normalized spacial score (nSPS) is 12.8. The summed E-state index contributed by atoms with van der Waals surface area (Å²) >= 11 is 0. The van der Waals surface area contributed by atoms with E-state index in [-0.39, 0.29) is 24.4 Å². The van der Waals surface area contributed by atoms with Crippen LogP contribution >= 0.6 is 12.4 Å². The van der Waals surface area contributed by atoms with Crippen molar-refractivity contribution >= 4 is 18.3 Å². The number of carbonyl (C=O) groups is 1. The van der Waals surface area contributed by atoms with E-state index in [1.165, 1.54) is 5.56 Å². The summed E-state index contributed by atoms with van der Waals surface area (Å²) in [4.78, 5) is 12.4. The lowest BCUT2D eigenvalue weighted by Crippen LogP contribution is -2.47. The van der Waals surface area contributed by atoms with Crippen LogP contribution in [-0.4, -0.2) is 18.0 Å². The molecule has 0 aliphatic rings. The van der Waals surface area contributed by atoms with Gasteiger partial charge in [0.05, 0.1) is 6.04 Å². The van der Waals surface area contributed by atoms with Gasteiger partial charge in [-0.3, -0.25) is 4.79 Å². The van der Waals surface area contributed by atoms with Crippen LogP contribution in [0.4, 0.5) is 0 Å². The molecule has 4 heteroatoms. The number of nitrogens with one attached hydrogen (secondary N) is 1. The molecular formula is C20H27ClN2O. The van der Waals surface area contributed by atoms with Gasteiger partial charge in [0, 0.05) is 6.04 Å². The topological polar surface area (TPSA) is 55.1 Å². The second kappa shape index (κ2) is 10.8. The van der Waals surface area contributed by atoms with Gasteiger partial charge in [0.25, 0.3) is 0 Å². The molecule has 2 aromatic carbocycles. The number of carbonyl (C=O) groups excluding carboxylic acids is 1. The summed E-state index contributed by atoms with van der Waals surface area (Å²) in [6.45, 7) is 2.13. The highest BCUT2D eigenvalue weighted by atomic mass is 35.5. The maximum absolute atomic E-state index is 12.4. The van der Waals surface area contributed by atoms with Crippen molar-refractivity contribution in [2.24, 2.45) is 5.73 Å². The number of nitrogens with two attached hydrogens (primary N) is 1. The van der Waals surface area contributed by atoms with E-state index in [1.807, 2.05) is 48.5 Å². The molecule has 0 aromatic heterocycles. The van der Waals surface area contributed by atoms with Gasteiger partial charge >= 0.3 is 0 Å². The predicted octanol–water partition coefficient (Wildman–Crippen LogP) is 3.51. The Balaban J connectivity index is 0.00000288. The van der Waals surface area contributed by atoms with E-state index in [1.54, 1.807) is 0 Å². The van der Waals surface area contributed by atoms with E-state index in [0.717, 1.165) is 24.8 Å². The van der Waals surface area contributed by atoms with Gasteiger partial charge < -0.3 is 11.1 Å². The minimum atomic E-state index is -0.507. The monoisotopic (exact) mass is 346 g/mol. The average Bonchev–Trinajstić information content (AvgIpc) is 2.57. The summed E-state index contributed by atoms with van der Waals surface area (Å²) in [5.41, 5.74) is 8.40. The van der Waals surface area contributed by atoms with Crippen LogP contribution in [0.25, 0.3) is 0 Å². The summed E-state index contributed by atoms with van der Waals surface area (Å²) in [6, 6.07) is 19.8. The van der Waals surface area contributed by atoms with Crippen molar-refractivity contribution < 1.29 is 4.79 Å². The summed E-state index contributed by atoms with van der Waals surface area (Å²) in [6.07, 6.45) is 3.40. The Morgan fingerprint density at radius 1 is 0.958 bits per heavy atom. The molecule has 0 saturated carbocycles. The Bertz CT molecular complexity index is 589. The minimum Gasteiger partial charge on any atom is -0.352 e. The fourth-order valence-corrected chi connectivity index (χ4v) is 2.74. The number of amides is 1. The predicted molar refractivity (Wildman–Crippen MR) is 102 cm³/mol. The summed E-state index contributed by atoms with van der Waals surface area (Å²) in [5.74, 6) is -0.0664. The first-order valence-electron chi connectivity index (χ1n) is 8.33. The van der Waals surface area contributed by atoms with Gasteiger partial charge in [0.15, 0.2) is 0 Å². The van der Waals surface area contributed by atoms with Gasteiger partial charge in [-0.05, 0) is 30.4 Å². The Morgan fingerprint density at radius 3 is 1.96 bits per heavy atom. The number of hydrogen-bond donors (Lipinski definition) is 2. The molecule has 130 valence electrons. The Morgan fingerprint density at radius 2 is 1.46 bits per heavy atom. The molecule has 3 nitrogen and oxygen atoms in total. The highest BCUT2D eigenvalue weighted by Crippen LogP contribution is 2.09. The molecule has 0 spiro atoms. The highest BCUT2D eigenvalue weighted by molar-refractivity contribution is 5.85. The smallest absolute Gasteiger partial charge is 0.237 e. The second-order valence-corrected chi connectivity index (χ2v) is 5.98. The molecule has 0 aliphatic heterocycles. The van der Waals surface area contributed by atoms with Gasteiger partial charge in [-0.25, -0.2) is 0 Å². The molecule has 0 radical (unpaired) electrons. The fourth-order valence-electron chi connectivity index (χ4n) is 2.74. The van der Waals surface area contributed by atoms with Gasteiger partial charge in [0.1, 0.15) is 0 Å². The van der Waals surface area contributed by atoms with Crippen molar-refractivity contribution in [3.8, 4) is 0 Å². The van der Waals surface area contributed by atoms with Crippen LogP contribution in [-0.2, 0) is 17.6 Å². The Kier molecular flexibility index (Phi) is 9.13. The van der Waals surface area contributed by atoms with Crippen LogP contribution in [0.5, 0.6) is 0 Å². The first-order chi connectivity index (χ1) is 11.2. The average molecular weight is 347 g/mol. The van der Waals surface area contributed by atoms with Crippen molar-refractivity contribution in [1.29, 1.82) is 0 Å². The van der Waals surface area contributed by atoms with Crippen LogP contribution in [0.15, 0.2) is 60.7 Å². The van der Waals surface area contributed by atoms with Crippen molar-refractivity contribution in [1.82, 2.24) is 5.32 Å². The minimum absolute atomic E-state index is 0. The van der Waals surface area contributed by atoms with E-state index in [2.05, 4.69) is 24.4 Å². The van der Waals surface area contributed by atoms with Crippen LogP contribution in [0.2, 0.25) is 0 Å². The third kappa shape index (κ3) is 6.73. The molecular weight excluding hydrogens is 320 g/mol. The van der Waals surface area contributed by atoms with E-state index in [9.17, 15) is 4.79 Å². The molecule has 1 unspecified atom stereocenters. The molecule has 0 bridgehead atoms. The zero-order chi connectivity index (χ0) is 16.5. The molecule has 1 amide bonds. The third-order valence-corrected chi connectivity index (χ3v) is 3.94. The van der Waals surface area contributed by atoms with E-state index < -0.39 is 6.04 Å². The molecule has 24 heavy (non-hydrogen) atoms. The first kappa shape index (κ1) is 20.2. The van der Waals surface area contributed by atoms with Gasteiger partial charge in [-0.2, -0.15) is 0 Å². The number of halogens is 1. The zero-order valence-electron chi connectivity index (χ0n) is 14.2. The molecule has 0 heterocycles. The number of rotatable bonds is 8. The van der Waals surface area contributed by atoms with Crippen LogP contribution in [0.1, 0.15) is 30.9 Å². The van der Waals surface area contributed by atoms with Gasteiger partial charge in [-0.15, -0.1) is 12.4 Å². The van der Waals surface area contributed by atoms with Gasteiger partial charge in [0.2, 0.25) is 5.91 Å². The maximum atomic E-state index is 12.4. The molecule has 0 aliphatic carbocycles. The molecule has 3 N–H and O–H groups in total. The Hall–Kier alpha value is -1.84. The number of benzene rings is 2. The quantitative estimate of drug-likeness (QED) is 0.768. The summed E-state index contributed by atoms with van der Waals surface area (Å²) < 4.78 is 0. The largest absolute Gasteiger partial charge is 0.352 e. The standard InChI is InChI=1S/C20H26N2O.ClH/c1-2-9-18(14-16-10-5-3-6-11-16)22-20(23)19(21)15-17-12-7-4-8-13-17;/h3-8,10-13,18-19H,2,9,14-15,21H2,1H3,(H,22,23);1H/t18?,19-;/m0./s1. The molecule has 0 fully saturated rings. The lowest BCUT2D eigenvalue weighted by atomic mass is 10.0. The summed E-state index contributed by atoms with van der Waals surface area (Å²) in [5, 5.41) is 3.12. The maximum Gasteiger partial charge on any atom is 0.237 e. The van der Waals surface area contributed by atoms with E-state index in [4.69, 9.17) is 5.73 Å². The van der Waals surface area contributed by atoms with E-state index >= 15 is 0 Å². The molecule has 2 rings (SSSR count). The fraction of sp³-hybridized carbons (Fsp3) is 0.350. The number of hydrogen-bond acceptors (Lipinski definition) is 2. The Labute approximate surface area is 151 Å². The third-order valence-electron chi connectivity index (χ3n) is 3.94. The highest BCUT2D eigenvalue weighted by Gasteiger charge is 2.18. The SMILES string of the molecule is CCCC(Cc1ccccc1)NC(=O)[C@@H](N)Cc1ccccc1.Cl. The van der Waals surface area contributed by atoms with Crippen LogP contribution in [0, 0.1) is 0 Å². The van der Waals surface area contributed by atoms with Gasteiger partial charge in [-0.1, -0.05) is 74.0 Å². The van der Waals surface area contributed by atoms with Crippen molar-refractivity contribution in [2.75, 3.05) is 0 Å². The molecule has 0 saturated heterocycles. The molecule has 2 atom stereocenters. The molecule has 2 aromatic rings. The second-order valence-electron chi connectivity index (χ2n) is 5.98. The van der Waals surface area contributed by atoms with E-state index in [0.29, 0.717) is 6.42 Å². The van der Waals surface area contributed by atoms with Crippen LogP contribution < -0.4 is 11.1 Å².